The highest BCUT2D eigenvalue weighted by Crippen LogP contribution is 2.41. The average Bonchev–Trinajstić information content (AvgIpc) is 3.38. The topological polar surface area (TPSA) is 38.3 Å². The van der Waals surface area contributed by atoms with Crippen LogP contribution >= 0.6 is 0 Å². The van der Waals surface area contributed by atoms with Crippen molar-refractivity contribution >= 4 is 5.91 Å². The van der Waals surface area contributed by atoms with E-state index in [4.69, 9.17) is 4.74 Å². The van der Waals surface area contributed by atoms with Gasteiger partial charge in [-0.1, -0.05) is 35.9 Å². The Balaban J connectivity index is 1.80. The molecule has 2 aromatic rings. The number of ether oxygens (including phenoxy) is 1. The van der Waals surface area contributed by atoms with E-state index in [-0.39, 0.29) is 11.9 Å². The lowest BCUT2D eigenvalue weighted by molar-refractivity contribution is 0.0931. The smallest absolute Gasteiger partial charge is 0.251 e. The van der Waals surface area contributed by atoms with Gasteiger partial charge in [-0.25, -0.2) is 0 Å². The molecule has 2 aromatic carbocycles. The van der Waals surface area contributed by atoms with Crippen molar-refractivity contribution in [1.82, 2.24) is 5.32 Å². The minimum absolute atomic E-state index is 0.0409. The molecule has 3 heteroatoms. The second kappa shape index (κ2) is 6.45. The van der Waals surface area contributed by atoms with Gasteiger partial charge in [-0.05, 0) is 55.9 Å². The van der Waals surface area contributed by atoms with Crippen LogP contribution in [-0.2, 0) is 0 Å². The third-order valence-electron chi connectivity index (χ3n) is 4.49. The minimum atomic E-state index is -0.0409. The Morgan fingerprint density at radius 1 is 1.13 bits per heavy atom. The van der Waals surface area contributed by atoms with E-state index in [1.807, 2.05) is 25.1 Å². The minimum Gasteiger partial charge on any atom is -0.496 e. The lowest BCUT2D eigenvalue weighted by Crippen LogP contribution is -2.29. The number of amides is 1. The van der Waals surface area contributed by atoms with Crippen LogP contribution < -0.4 is 10.1 Å². The zero-order valence-electron chi connectivity index (χ0n) is 13.9. The number of carbonyl (C=O) groups is 1. The van der Waals surface area contributed by atoms with Gasteiger partial charge in [0.1, 0.15) is 5.75 Å². The number of hydrogen-bond acceptors (Lipinski definition) is 2. The summed E-state index contributed by atoms with van der Waals surface area (Å²) in [6.07, 6.45) is 2.35. The summed E-state index contributed by atoms with van der Waals surface area (Å²) in [7, 11) is 1.63. The molecule has 1 aliphatic carbocycles. The molecule has 1 fully saturated rings. The van der Waals surface area contributed by atoms with Crippen molar-refractivity contribution in [3.05, 3.63) is 64.7 Å². The second-order valence-corrected chi connectivity index (χ2v) is 6.38. The van der Waals surface area contributed by atoms with E-state index in [1.165, 1.54) is 24.0 Å². The van der Waals surface area contributed by atoms with Gasteiger partial charge in [0.2, 0.25) is 0 Å². The van der Waals surface area contributed by atoms with Crippen LogP contribution in [0.4, 0.5) is 0 Å². The van der Waals surface area contributed by atoms with Crippen LogP contribution in [0.15, 0.2) is 42.5 Å². The molecule has 0 heterocycles. The van der Waals surface area contributed by atoms with Crippen LogP contribution in [0, 0.1) is 19.8 Å². The van der Waals surface area contributed by atoms with Gasteiger partial charge in [0.25, 0.3) is 5.91 Å². The third-order valence-corrected chi connectivity index (χ3v) is 4.49. The fourth-order valence-corrected chi connectivity index (χ4v) is 2.86. The van der Waals surface area contributed by atoms with E-state index in [9.17, 15) is 4.79 Å². The van der Waals surface area contributed by atoms with Gasteiger partial charge in [-0.2, -0.15) is 0 Å². The number of hydrogen-bond donors (Lipinski definition) is 1. The molecule has 1 saturated carbocycles. The molecule has 0 aliphatic heterocycles. The van der Waals surface area contributed by atoms with E-state index in [1.54, 1.807) is 7.11 Å². The molecule has 0 spiro atoms. The summed E-state index contributed by atoms with van der Waals surface area (Å²) in [4.78, 5) is 12.6. The predicted molar refractivity (Wildman–Crippen MR) is 91.8 cm³/mol. The SMILES string of the molecule is COc1cc(C(=O)NC(c2ccc(C)cc2)C2CC2)ccc1C. The zero-order valence-corrected chi connectivity index (χ0v) is 13.9. The number of benzene rings is 2. The first-order chi connectivity index (χ1) is 11.1. The normalized spacial score (nSPS) is 15.1. The number of aryl methyl sites for hydroxylation is 2. The van der Waals surface area contributed by atoms with Crippen molar-refractivity contribution in [3.63, 3.8) is 0 Å². The first-order valence-electron chi connectivity index (χ1n) is 8.10. The number of carbonyl (C=O) groups excluding carboxylic acids is 1. The second-order valence-electron chi connectivity index (χ2n) is 6.38. The fourth-order valence-electron chi connectivity index (χ4n) is 2.86. The Labute approximate surface area is 137 Å². The summed E-state index contributed by atoms with van der Waals surface area (Å²) < 4.78 is 5.32. The summed E-state index contributed by atoms with van der Waals surface area (Å²) in [6.45, 7) is 4.05. The Morgan fingerprint density at radius 3 is 2.43 bits per heavy atom. The molecule has 1 unspecified atom stereocenters. The number of methoxy groups -OCH3 is 1. The van der Waals surface area contributed by atoms with Crippen molar-refractivity contribution < 1.29 is 9.53 Å². The van der Waals surface area contributed by atoms with E-state index >= 15 is 0 Å². The van der Waals surface area contributed by atoms with Crippen molar-refractivity contribution in [2.24, 2.45) is 5.92 Å². The van der Waals surface area contributed by atoms with Gasteiger partial charge >= 0.3 is 0 Å². The maximum atomic E-state index is 12.6. The van der Waals surface area contributed by atoms with Gasteiger partial charge in [-0.3, -0.25) is 4.79 Å². The predicted octanol–water partition coefficient (Wildman–Crippen LogP) is 4.19. The Kier molecular flexibility index (Phi) is 4.37. The van der Waals surface area contributed by atoms with Crippen molar-refractivity contribution in [1.29, 1.82) is 0 Å². The molecule has 120 valence electrons. The van der Waals surface area contributed by atoms with Crippen molar-refractivity contribution in [2.75, 3.05) is 7.11 Å². The molecular formula is C20H23NO2. The van der Waals surface area contributed by atoms with Gasteiger partial charge in [0.15, 0.2) is 0 Å². The van der Waals surface area contributed by atoms with Gasteiger partial charge in [0, 0.05) is 5.56 Å². The average molecular weight is 309 g/mol. The molecule has 0 radical (unpaired) electrons. The van der Waals surface area contributed by atoms with E-state index in [2.05, 4.69) is 36.5 Å². The Bertz CT molecular complexity index is 702. The molecule has 0 saturated heterocycles. The van der Waals surface area contributed by atoms with Gasteiger partial charge in [-0.15, -0.1) is 0 Å². The maximum Gasteiger partial charge on any atom is 0.251 e. The first-order valence-corrected chi connectivity index (χ1v) is 8.10. The quantitative estimate of drug-likeness (QED) is 0.899. The molecule has 1 atom stereocenters. The number of rotatable bonds is 5. The standard InChI is InChI=1S/C20H23NO2/c1-13-4-7-15(8-5-13)19(16-10-11-16)21-20(22)17-9-6-14(2)18(12-17)23-3/h4-9,12,16,19H,10-11H2,1-3H3,(H,21,22). The van der Waals surface area contributed by atoms with Crippen LogP contribution in [0.1, 0.15) is 45.9 Å². The van der Waals surface area contributed by atoms with Crippen LogP contribution in [-0.4, -0.2) is 13.0 Å². The van der Waals surface area contributed by atoms with Crippen LogP contribution in [0.2, 0.25) is 0 Å². The van der Waals surface area contributed by atoms with Gasteiger partial charge < -0.3 is 10.1 Å². The zero-order chi connectivity index (χ0) is 16.4. The maximum absolute atomic E-state index is 12.6. The monoisotopic (exact) mass is 309 g/mol. The summed E-state index contributed by atoms with van der Waals surface area (Å²) in [5.41, 5.74) is 4.09. The molecule has 1 aliphatic rings. The highest BCUT2D eigenvalue weighted by Gasteiger charge is 2.33. The van der Waals surface area contributed by atoms with Crippen LogP contribution in [0.25, 0.3) is 0 Å². The molecule has 3 nitrogen and oxygen atoms in total. The number of nitrogens with one attached hydrogen (secondary N) is 1. The van der Waals surface area contributed by atoms with E-state index in [0.29, 0.717) is 11.5 Å². The van der Waals surface area contributed by atoms with Gasteiger partial charge in [0.05, 0.1) is 13.2 Å². The Morgan fingerprint density at radius 2 is 1.83 bits per heavy atom. The van der Waals surface area contributed by atoms with E-state index < -0.39 is 0 Å². The highest BCUT2D eigenvalue weighted by molar-refractivity contribution is 5.95. The van der Waals surface area contributed by atoms with Crippen LogP contribution in [0.3, 0.4) is 0 Å². The lowest BCUT2D eigenvalue weighted by Gasteiger charge is -2.19. The summed E-state index contributed by atoms with van der Waals surface area (Å²) in [5, 5.41) is 3.21. The Hall–Kier alpha value is -2.29. The largest absolute Gasteiger partial charge is 0.496 e. The van der Waals surface area contributed by atoms with Crippen molar-refractivity contribution in [2.45, 2.75) is 32.7 Å². The summed E-state index contributed by atoms with van der Waals surface area (Å²) in [5.74, 6) is 1.26. The summed E-state index contributed by atoms with van der Waals surface area (Å²) in [6, 6.07) is 14.1. The molecule has 0 aromatic heterocycles. The highest BCUT2D eigenvalue weighted by atomic mass is 16.5. The molecule has 0 bridgehead atoms. The summed E-state index contributed by atoms with van der Waals surface area (Å²) >= 11 is 0. The van der Waals surface area contributed by atoms with Crippen molar-refractivity contribution in [3.8, 4) is 5.75 Å². The molecule has 1 amide bonds. The first kappa shape index (κ1) is 15.6. The van der Waals surface area contributed by atoms with Crippen LogP contribution in [0.5, 0.6) is 5.75 Å². The molecular weight excluding hydrogens is 286 g/mol. The third kappa shape index (κ3) is 3.55. The fraction of sp³-hybridized carbons (Fsp3) is 0.350. The lowest BCUT2D eigenvalue weighted by atomic mass is 10.0. The van der Waals surface area contributed by atoms with E-state index in [0.717, 1.165) is 11.3 Å². The molecule has 23 heavy (non-hydrogen) atoms. The molecule has 1 N–H and O–H groups in total. The molecule has 3 rings (SSSR count).